The number of carbonyl (C=O) groups is 1. The Morgan fingerprint density at radius 2 is 2.04 bits per heavy atom. The second-order valence-electron chi connectivity index (χ2n) is 7.54. The van der Waals surface area contributed by atoms with Crippen LogP contribution in [0.4, 0.5) is 0 Å². The third-order valence-electron chi connectivity index (χ3n) is 5.72. The zero-order chi connectivity index (χ0) is 17.4. The second kappa shape index (κ2) is 6.30. The topological polar surface area (TPSA) is 47.4 Å². The lowest BCUT2D eigenvalue weighted by molar-refractivity contribution is -0.137. The van der Waals surface area contributed by atoms with E-state index in [0.717, 1.165) is 38.2 Å². The van der Waals surface area contributed by atoms with Crippen molar-refractivity contribution in [2.75, 3.05) is 19.7 Å². The minimum Gasteiger partial charge on any atom is -0.361 e. The summed E-state index contributed by atoms with van der Waals surface area (Å²) in [6.45, 7) is 3.75. The van der Waals surface area contributed by atoms with E-state index in [0.29, 0.717) is 0 Å². The highest BCUT2D eigenvalue weighted by molar-refractivity contribution is 5.78. The molecular weight excluding hydrogens is 314 g/mol. The van der Waals surface area contributed by atoms with Crippen molar-refractivity contribution in [3.05, 3.63) is 53.6 Å². The fraction of sp³-hybridized carbons (Fsp3) is 0.500. The van der Waals surface area contributed by atoms with Gasteiger partial charge < -0.3 is 14.2 Å². The summed E-state index contributed by atoms with van der Waals surface area (Å²) in [6, 6.07) is 8.68. The van der Waals surface area contributed by atoms with Gasteiger partial charge in [0.05, 0.1) is 0 Å². The molecule has 1 unspecified atom stereocenters. The van der Waals surface area contributed by atoms with Crippen molar-refractivity contribution in [3.8, 4) is 0 Å². The fourth-order valence-electron chi connectivity index (χ4n) is 4.34. The number of hydrogen-bond acceptors (Lipinski definition) is 3. The van der Waals surface area contributed by atoms with Gasteiger partial charge in [0.15, 0.2) is 0 Å². The molecule has 1 aromatic heterocycles. The van der Waals surface area contributed by atoms with Gasteiger partial charge in [0.2, 0.25) is 5.91 Å². The first-order chi connectivity index (χ1) is 12.1. The third-order valence-corrected chi connectivity index (χ3v) is 5.72. The predicted octanol–water partition coefficient (Wildman–Crippen LogP) is 2.52. The summed E-state index contributed by atoms with van der Waals surface area (Å²) in [4.78, 5) is 18.9. The van der Waals surface area contributed by atoms with Crippen LogP contribution in [0.1, 0.15) is 36.4 Å². The van der Waals surface area contributed by atoms with Crippen molar-refractivity contribution in [3.63, 3.8) is 0 Å². The first kappa shape index (κ1) is 16.3. The number of hydrogen-bond donors (Lipinski definition) is 0. The predicted molar refractivity (Wildman–Crippen MR) is 95.1 cm³/mol. The van der Waals surface area contributed by atoms with E-state index in [1.807, 2.05) is 29.6 Å². The molecule has 1 aliphatic heterocycles. The fourth-order valence-corrected chi connectivity index (χ4v) is 4.34. The average molecular weight is 339 g/mol. The Balaban J connectivity index is 1.33. The van der Waals surface area contributed by atoms with E-state index < -0.39 is 0 Å². The van der Waals surface area contributed by atoms with Crippen LogP contribution in [-0.4, -0.2) is 40.1 Å². The van der Waals surface area contributed by atoms with Crippen LogP contribution in [0.5, 0.6) is 0 Å². The lowest BCUT2D eigenvalue weighted by Gasteiger charge is -2.24. The highest BCUT2D eigenvalue weighted by Gasteiger charge is 2.43. The van der Waals surface area contributed by atoms with Crippen molar-refractivity contribution in [1.82, 2.24) is 14.5 Å². The number of imidazole rings is 1. The maximum atomic E-state index is 12.6. The maximum absolute atomic E-state index is 12.6. The number of likely N-dealkylation sites (tertiary alicyclic amines) is 1. The normalized spacial score (nSPS) is 19.4. The zero-order valence-electron chi connectivity index (χ0n) is 14.9. The molecule has 0 N–H and O–H groups in total. The Morgan fingerprint density at radius 3 is 2.68 bits per heavy atom. The van der Waals surface area contributed by atoms with E-state index in [1.165, 1.54) is 11.1 Å². The SMILES string of the molecule is CC(OCC(=O)N1CCC2(Cc3ccccc3C2)C1)c1nccn1C. The van der Waals surface area contributed by atoms with Gasteiger partial charge in [-0.3, -0.25) is 4.79 Å². The van der Waals surface area contributed by atoms with Gasteiger partial charge in [0.1, 0.15) is 18.5 Å². The minimum absolute atomic E-state index is 0.0916. The van der Waals surface area contributed by atoms with Crippen LogP contribution >= 0.6 is 0 Å². The number of aryl methyl sites for hydroxylation is 1. The Hall–Kier alpha value is -2.14. The molecular formula is C20H25N3O2. The van der Waals surface area contributed by atoms with Gasteiger partial charge in [-0.1, -0.05) is 24.3 Å². The molecule has 2 aromatic rings. The summed E-state index contributed by atoms with van der Waals surface area (Å²) < 4.78 is 7.71. The van der Waals surface area contributed by atoms with Crippen molar-refractivity contribution in [2.45, 2.75) is 32.3 Å². The molecule has 5 heteroatoms. The molecule has 2 heterocycles. The number of amides is 1. The first-order valence-corrected chi connectivity index (χ1v) is 9.00. The van der Waals surface area contributed by atoms with Crippen LogP contribution in [0, 0.1) is 5.41 Å². The molecule has 5 nitrogen and oxygen atoms in total. The average Bonchev–Trinajstić information content (AvgIpc) is 3.30. The van der Waals surface area contributed by atoms with Crippen LogP contribution in [0.3, 0.4) is 0 Å². The molecule has 1 aliphatic carbocycles. The lowest BCUT2D eigenvalue weighted by Crippen LogP contribution is -2.35. The van der Waals surface area contributed by atoms with E-state index in [9.17, 15) is 4.79 Å². The molecule has 25 heavy (non-hydrogen) atoms. The van der Waals surface area contributed by atoms with Crippen molar-refractivity contribution in [1.29, 1.82) is 0 Å². The van der Waals surface area contributed by atoms with Crippen molar-refractivity contribution in [2.24, 2.45) is 12.5 Å². The quantitative estimate of drug-likeness (QED) is 0.860. The molecule has 2 aliphatic rings. The van der Waals surface area contributed by atoms with Gasteiger partial charge in [0.25, 0.3) is 0 Å². The lowest BCUT2D eigenvalue weighted by atomic mass is 9.84. The standard InChI is InChI=1S/C20H25N3O2/c1-15(19-21-8-10-22(19)2)25-13-18(24)23-9-7-20(14-23)11-16-5-3-4-6-17(16)12-20/h3-6,8,10,15H,7,9,11-14H2,1-2H3. The third kappa shape index (κ3) is 3.09. The molecule has 0 radical (unpaired) electrons. The van der Waals surface area contributed by atoms with Crippen LogP contribution in [0.25, 0.3) is 0 Å². The van der Waals surface area contributed by atoms with Gasteiger partial charge >= 0.3 is 0 Å². The van der Waals surface area contributed by atoms with Crippen LogP contribution in [0.15, 0.2) is 36.7 Å². The molecule has 1 aromatic carbocycles. The Bertz CT molecular complexity index is 758. The van der Waals surface area contributed by atoms with Crippen LogP contribution in [0.2, 0.25) is 0 Å². The minimum atomic E-state index is -0.184. The highest BCUT2D eigenvalue weighted by Crippen LogP contribution is 2.43. The monoisotopic (exact) mass is 339 g/mol. The van der Waals surface area contributed by atoms with E-state index >= 15 is 0 Å². The Morgan fingerprint density at radius 1 is 1.32 bits per heavy atom. The zero-order valence-corrected chi connectivity index (χ0v) is 14.9. The summed E-state index contributed by atoms with van der Waals surface area (Å²) in [5, 5.41) is 0. The van der Waals surface area contributed by atoms with E-state index in [4.69, 9.17) is 4.74 Å². The number of rotatable bonds is 4. The number of nitrogens with zero attached hydrogens (tertiary/aromatic N) is 3. The number of fused-ring (bicyclic) bond motifs is 1. The summed E-state index contributed by atoms with van der Waals surface area (Å²) >= 11 is 0. The smallest absolute Gasteiger partial charge is 0.248 e. The molecule has 4 rings (SSSR count). The van der Waals surface area contributed by atoms with Crippen molar-refractivity contribution >= 4 is 5.91 Å². The molecule has 1 atom stereocenters. The summed E-state index contributed by atoms with van der Waals surface area (Å²) in [7, 11) is 1.94. The van der Waals surface area contributed by atoms with Gasteiger partial charge in [0, 0.05) is 32.5 Å². The number of aromatic nitrogens is 2. The molecule has 1 amide bonds. The summed E-state index contributed by atoms with van der Waals surface area (Å²) in [5.74, 6) is 0.936. The molecule has 1 spiro atoms. The Kier molecular flexibility index (Phi) is 4.12. The van der Waals surface area contributed by atoms with Crippen molar-refractivity contribution < 1.29 is 9.53 Å². The Labute approximate surface area is 148 Å². The number of carbonyl (C=O) groups excluding carboxylic acids is 1. The van der Waals surface area contributed by atoms with Gasteiger partial charge in [-0.25, -0.2) is 4.98 Å². The molecule has 0 saturated carbocycles. The number of benzene rings is 1. The van der Waals surface area contributed by atoms with Crippen LogP contribution < -0.4 is 0 Å². The van der Waals surface area contributed by atoms with E-state index in [1.54, 1.807) is 6.20 Å². The molecule has 1 saturated heterocycles. The molecule has 1 fully saturated rings. The van der Waals surface area contributed by atoms with Gasteiger partial charge in [-0.05, 0) is 42.7 Å². The first-order valence-electron chi connectivity index (χ1n) is 9.00. The number of ether oxygens (including phenoxy) is 1. The highest BCUT2D eigenvalue weighted by atomic mass is 16.5. The maximum Gasteiger partial charge on any atom is 0.248 e. The van der Waals surface area contributed by atoms with Gasteiger partial charge in [-0.2, -0.15) is 0 Å². The van der Waals surface area contributed by atoms with E-state index in [-0.39, 0.29) is 24.0 Å². The molecule has 132 valence electrons. The summed E-state index contributed by atoms with van der Waals surface area (Å²) in [6.07, 6.45) is 6.73. The second-order valence-corrected chi connectivity index (χ2v) is 7.54. The van der Waals surface area contributed by atoms with Gasteiger partial charge in [-0.15, -0.1) is 0 Å². The van der Waals surface area contributed by atoms with E-state index in [2.05, 4.69) is 29.2 Å². The molecule has 0 bridgehead atoms. The largest absolute Gasteiger partial charge is 0.361 e. The summed E-state index contributed by atoms with van der Waals surface area (Å²) in [5.41, 5.74) is 3.15. The van der Waals surface area contributed by atoms with Crippen LogP contribution in [-0.2, 0) is 29.4 Å².